The molecular formula is C17H18N4O4S. The van der Waals surface area contributed by atoms with Gasteiger partial charge in [-0.25, -0.2) is 0 Å². The first-order valence-electron chi connectivity index (χ1n) is 7.77. The Kier molecular flexibility index (Phi) is 4.90. The number of carbonyl (C=O) groups is 2. The maximum atomic E-state index is 12.5. The van der Waals surface area contributed by atoms with Crippen molar-refractivity contribution in [2.75, 3.05) is 14.2 Å². The van der Waals surface area contributed by atoms with Crippen molar-refractivity contribution in [3.8, 4) is 5.75 Å². The van der Waals surface area contributed by atoms with E-state index in [9.17, 15) is 9.59 Å². The molecule has 0 N–H and O–H groups in total. The van der Waals surface area contributed by atoms with E-state index in [1.165, 1.54) is 18.4 Å². The third-order valence-electron chi connectivity index (χ3n) is 3.93. The summed E-state index contributed by atoms with van der Waals surface area (Å²) in [5, 5.41) is 4.15. The van der Waals surface area contributed by atoms with Gasteiger partial charge < -0.3 is 14.0 Å². The number of fused-ring (bicyclic) bond motifs is 1. The molecule has 2 heterocycles. The molecule has 0 saturated heterocycles. The highest BCUT2D eigenvalue weighted by Gasteiger charge is 2.15. The second-order valence-corrected chi connectivity index (χ2v) is 6.60. The number of ether oxygens (including phenoxy) is 2. The van der Waals surface area contributed by atoms with Crippen LogP contribution in [0.2, 0.25) is 0 Å². The van der Waals surface area contributed by atoms with E-state index in [1.54, 1.807) is 35.5 Å². The zero-order valence-electron chi connectivity index (χ0n) is 14.8. The molecule has 0 saturated carbocycles. The van der Waals surface area contributed by atoms with Gasteiger partial charge in [-0.05, 0) is 31.2 Å². The molecule has 1 aromatic carbocycles. The summed E-state index contributed by atoms with van der Waals surface area (Å²) in [5.41, 5.74) is 1.88. The average Bonchev–Trinajstić information content (AvgIpc) is 3.14. The molecule has 0 aliphatic rings. The molecule has 0 spiro atoms. The molecular weight excluding hydrogens is 356 g/mol. The molecule has 0 bridgehead atoms. The number of aryl methyl sites for hydroxylation is 2. The Balaban J connectivity index is 2.14. The summed E-state index contributed by atoms with van der Waals surface area (Å²) >= 11 is 1.29. The number of hydrogen-bond acceptors (Lipinski definition) is 6. The lowest BCUT2D eigenvalue weighted by atomic mass is 10.3. The van der Waals surface area contributed by atoms with Crippen molar-refractivity contribution in [2.24, 2.45) is 12.0 Å². The Hall–Kier alpha value is -2.94. The lowest BCUT2D eigenvalue weighted by Gasteiger charge is -2.04. The largest absolute Gasteiger partial charge is 0.497 e. The van der Waals surface area contributed by atoms with Crippen molar-refractivity contribution in [3.05, 3.63) is 40.5 Å². The number of esters is 1. The summed E-state index contributed by atoms with van der Waals surface area (Å²) in [7, 11) is 4.66. The van der Waals surface area contributed by atoms with Gasteiger partial charge in [-0.15, -0.1) is 0 Å². The van der Waals surface area contributed by atoms with Gasteiger partial charge in [0, 0.05) is 12.7 Å². The van der Waals surface area contributed by atoms with Gasteiger partial charge in [0.2, 0.25) is 0 Å². The van der Waals surface area contributed by atoms with Crippen molar-refractivity contribution < 1.29 is 19.1 Å². The fourth-order valence-electron chi connectivity index (χ4n) is 2.42. The van der Waals surface area contributed by atoms with Crippen molar-refractivity contribution in [3.63, 3.8) is 0 Å². The van der Waals surface area contributed by atoms with Crippen LogP contribution in [0.1, 0.15) is 16.2 Å². The molecule has 9 heteroatoms. The summed E-state index contributed by atoms with van der Waals surface area (Å²) in [6.07, 6.45) is 0. The summed E-state index contributed by atoms with van der Waals surface area (Å²) in [4.78, 5) is 28.9. The van der Waals surface area contributed by atoms with E-state index in [0.29, 0.717) is 10.6 Å². The predicted octanol–water partition coefficient (Wildman–Crippen LogP) is 1.67. The molecule has 0 atom stereocenters. The number of rotatable bonds is 4. The number of nitrogens with zero attached hydrogens (tertiary/aromatic N) is 4. The number of aromatic nitrogens is 3. The van der Waals surface area contributed by atoms with E-state index in [0.717, 1.165) is 15.9 Å². The van der Waals surface area contributed by atoms with Crippen LogP contribution >= 0.6 is 11.3 Å². The van der Waals surface area contributed by atoms with Crippen LogP contribution in [0.15, 0.2) is 29.3 Å². The zero-order chi connectivity index (χ0) is 18.8. The summed E-state index contributed by atoms with van der Waals surface area (Å²) < 4.78 is 14.1. The Morgan fingerprint density at radius 2 is 2.04 bits per heavy atom. The first-order valence-corrected chi connectivity index (χ1v) is 8.58. The minimum Gasteiger partial charge on any atom is -0.497 e. The second kappa shape index (κ2) is 7.12. The number of amides is 1. The van der Waals surface area contributed by atoms with Crippen LogP contribution in [-0.4, -0.2) is 40.4 Å². The maximum Gasteiger partial charge on any atom is 0.325 e. The molecule has 0 unspecified atom stereocenters. The van der Waals surface area contributed by atoms with Gasteiger partial charge in [-0.3, -0.25) is 14.3 Å². The van der Waals surface area contributed by atoms with Gasteiger partial charge in [-0.1, -0.05) is 11.3 Å². The molecule has 0 aliphatic carbocycles. The molecule has 136 valence electrons. The molecule has 3 aromatic rings. The van der Waals surface area contributed by atoms with E-state index in [1.807, 2.05) is 19.1 Å². The van der Waals surface area contributed by atoms with Crippen molar-refractivity contribution in [2.45, 2.75) is 13.5 Å². The van der Waals surface area contributed by atoms with Gasteiger partial charge >= 0.3 is 5.97 Å². The van der Waals surface area contributed by atoms with Crippen molar-refractivity contribution in [1.82, 2.24) is 14.3 Å². The lowest BCUT2D eigenvalue weighted by molar-refractivity contribution is -0.141. The minimum atomic E-state index is -0.467. The number of hydrogen-bond donors (Lipinski definition) is 0. The van der Waals surface area contributed by atoms with Crippen LogP contribution in [0.4, 0.5) is 0 Å². The molecule has 1 amide bonds. The van der Waals surface area contributed by atoms with E-state index < -0.39 is 11.9 Å². The molecule has 2 aromatic heterocycles. The Morgan fingerprint density at radius 3 is 2.65 bits per heavy atom. The number of methoxy groups -OCH3 is 2. The third kappa shape index (κ3) is 3.38. The lowest BCUT2D eigenvalue weighted by Crippen LogP contribution is -2.22. The molecule has 0 aliphatic heterocycles. The summed E-state index contributed by atoms with van der Waals surface area (Å²) in [6, 6.07) is 7.12. The highest BCUT2D eigenvalue weighted by Crippen LogP contribution is 2.23. The van der Waals surface area contributed by atoms with E-state index in [-0.39, 0.29) is 12.2 Å². The highest BCUT2D eigenvalue weighted by molar-refractivity contribution is 7.16. The van der Waals surface area contributed by atoms with Gasteiger partial charge in [0.15, 0.2) is 10.5 Å². The number of thiazole rings is 1. The number of benzene rings is 1. The topological polar surface area (TPSA) is 87.7 Å². The van der Waals surface area contributed by atoms with Gasteiger partial charge in [0.1, 0.15) is 12.3 Å². The van der Waals surface area contributed by atoms with Crippen LogP contribution in [0.25, 0.3) is 10.2 Å². The summed E-state index contributed by atoms with van der Waals surface area (Å²) in [6.45, 7) is 1.81. The molecule has 0 radical (unpaired) electrons. The van der Waals surface area contributed by atoms with Crippen LogP contribution in [0.5, 0.6) is 5.75 Å². The van der Waals surface area contributed by atoms with Crippen molar-refractivity contribution in [1.29, 1.82) is 0 Å². The second-order valence-electron chi connectivity index (χ2n) is 5.59. The quantitative estimate of drug-likeness (QED) is 0.648. The Labute approximate surface area is 153 Å². The predicted molar refractivity (Wildman–Crippen MR) is 96.2 cm³/mol. The van der Waals surface area contributed by atoms with E-state index in [2.05, 4.69) is 10.1 Å². The van der Waals surface area contributed by atoms with Gasteiger partial charge in [0.05, 0.1) is 24.4 Å². The van der Waals surface area contributed by atoms with Crippen LogP contribution in [0.3, 0.4) is 0 Å². The minimum absolute atomic E-state index is 0.0454. The smallest absolute Gasteiger partial charge is 0.325 e. The molecule has 3 rings (SSSR count). The molecule has 8 nitrogen and oxygen atoms in total. The van der Waals surface area contributed by atoms with E-state index >= 15 is 0 Å². The molecule has 0 fully saturated rings. The van der Waals surface area contributed by atoms with Gasteiger partial charge in [0.25, 0.3) is 5.91 Å². The normalized spacial score (nSPS) is 11.8. The maximum absolute atomic E-state index is 12.5. The average molecular weight is 374 g/mol. The SMILES string of the molecule is COC(=O)Cn1c(=NC(=O)c2cc(C)n(C)n2)sc2cc(OC)ccc21. The first-order chi connectivity index (χ1) is 12.4. The van der Waals surface area contributed by atoms with Crippen LogP contribution in [0, 0.1) is 6.92 Å². The standard InChI is InChI=1S/C17H18N4O4S/c1-10-7-12(19-20(10)2)16(23)18-17-21(9-15(22)25-4)13-6-5-11(24-3)8-14(13)26-17/h5-8H,9H2,1-4H3. The highest BCUT2D eigenvalue weighted by atomic mass is 32.1. The molecule has 26 heavy (non-hydrogen) atoms. The Bertz CT molecular complexity index is 1040. The van der Waals surface area contributed by atoms with E-state index in [4.69, 9.17) is 9.47 Å². The third-order valence-corrected chi connectivity index (χ3v) is 4.98. The van der Waals surface area contributed by atoms with Crippen LogP contribution < -0.4 is 9.54 Å². The monoisotopic (exact) mass is 374 g/mol. The van der Waals surface area contributed by atoms with Crippen LogP contribution in [-0.2, 0) is 23.1 Å². The summed E-state index contributed by atoms with van der Waals surface area (Å²) in [5.74, 6) is -0.212. The first kappa shape index (κ1) is 17.9. The van der Waals surface area contributed by atoms with Gasteiger partial charge in [-0.2, -0.15) is 10.1 Å². The Morgan fingerprint density at radius 1 is 1.27 bits per heavy atom. The fourth-order valence-corrected chi connectivity index (χ4v) is 3.48. The fraction of sp³-hybridized carbons (Fsp3) is 0.294. The number of carbonyl (C=O) groups excluding carboxylic acids is 2. The zero-order valence-corrected chi connectivity index (χ0v) is 15.7. The van der Waals surface area contributed by atoms with Crippen molar-refractivity contribution >= 4 is 33.4 Å².